The number of benzene rings is 2. The van der Waals surface area contributed by atoms with Gasteiger partial charge in [0, 0.05) is 30.6 Å². The van der Waals surface area contributed by atoms with Crippen LogP contribution in [0.5, 0.6) is 11.5 Å². The first-order valence-corrected chi connectivity index (χ1v) is 10.8. The molecule has 2 aromatic carbocycles. The van der Waals surface area contributed by atoms with Crippen molar-refractivity contribution in [3.8, 4) is 22.8 Å². The van der Waals surface area contributed by atoms with E-state index in [4.69, 9.17) is 14.5 Å². The summed E-state index contributed by atoms with van der Waals surface area (Å²) in [6.07, 6.45) is 0. The number of aryl methyl sites for hydroxylation is 3. The quantitative estimate of drug-likeness (QED) is 0.556. The van der Waals surface area contributed by atoms with Gasteiger partial charge in [0.15, 0.2) is 11.5 Å². The van der Waals surface area contributed by atoms with E-state index in [0.717, 1.165) is 33.6 Å². The maximum absolute atomic E-state index is 13.4. The standard InChI is InChI=1S/C26H31N3O3.ClH/c1-15-9-16(2)24(17(3)10-15)27-23-13-20-18-11-21(31-7)22(32-8)12-19(18)26(4,5)14-29(20)25(30)28(23)6;/h9-13H,14H2,1-8H3;1H. The number of fused-ring (bicyclic) bond motifs is 3. The Balaban J connectivity index is 0.00000306. The van der Waals surface area contributed by atoms with Crippen LogP contribution in [-0.2, 0) is 19.0 Å². The maximum atomic E-state index is 13.4. The fourth-order valence-corrected chi connectivity index (χ4v) is 4.76. The van der Waals surface area contributed by atoms with Crippen LogP contribution in [0, 0.1) is 20.8 Å². The molecule has 1 aliphatic rings. The summed E-state index contributed by atoms with van der Waals surface area (Å²) in [5, 5.41) is 0. The fourth-order valence-electron chi connectivity index (χ4n) is 4.76. The Labute approximate surface area is 200 Å². The van der Waals surface area contributed by atoms with Gasteiger partial charge in [-0.3, -0.25) is 9.13 Å². The Bertz CT molecular complexity index is 1340. The minimum absolute atomic E-state index is 0. The normalized spacial score (nSPS) is 14.2. The minimum Gasteiger partial charge on any atom is -0.493 e. The van der Waals surface area contributed by atoms with Crippen molar-refractivity contribution in [1.29, 1.82) is 0 Å². The SMILES string of the molecule is COc1cc2c(cc1OC)C(C)(C)Cn1c-2cc(=Nc2c(C)cc(C)cc2C)n(C)c1=O.Cl. The zero-order chi connectivity index (χ0) is 23.4. The highest BCUT2D eigenvalue weighted by Gasteiger charge is 2.33. The summed E-state index contributed by atoms with van der Waals surface area (Å²) in [7, 11) is 5.05. The van der Waals surface area contributed by atoms with E-state index in [-0.39, 0.29) is 23.5 Å². The molecule has 0 saturated heterocycles. The third kappa shape index (κ3) is 4.08. The van der Waals surface area contributed by atoms with E-state index in [1.165, 1.54) is 5.56 Å². The molecule has 0 unspecified atom stereocenters. The van der Waals surface area contributed by atoms with Crippen LogP contribution in [0.2, 0.25) is 0 Å². The smallest absolute Gasteiger partial charge is 0.329 e. The third-order valence-corrected chi connectivity index (χ3v) is 6.36. The summed E-state index contributed by atoms with van der Waals surface area (Å²) in [6.45, 7) is 11.0. The summed E-state index contributed by atoms with van der Waals surface area (Å²) < 4.78 is 14.6. The number of hydrogen-bond donors (Lipinski definition) is 0. The van der Waals surface area contributed by atoms with Gasteiger partial charge in [0.1, 0.15) is 5.49 Å². The van der Waals surface area contributed by atoms with Gasteiger partial charge in [-0.05, 0) is 49.6 Å². The lowest BCUT2D eigenvalue weighted by Gasteiger charge is -2.35. The first-order valence-electron chi connectivity index (χ1n) is 10.8. The number of aromatic nitrogens is 2. The van der Waals surface area contributed by atoms with Crippen molar-refractivity contribution >= 4 is 18.1 Å². The number of hydrogen-bond acceptors (Lipinski definition) is 4. The summed E-state index contributed by atoms with van der Waals surface area (Å²) in [6, 6.07) is 10.2. The second kappa shape index (κ2) is 8.75. The molecule has 1 aliphatic heterocycles. The number of methoxy groups -OCH3 is 2. The van der Waals surface area contributed by atoms with Crippen LogP contribution in [-0.4, -0.2) is 23.4 Å². The summed E-state index contributed by atoms with van der Waals surface area (Å²) in [5.74, 6) is 1.33. The second-order valence-corrected chi connectivity index (χ2v) is 9.31. The van der Waals surface area contributed by atoms with Crippen molar-refractivity contribution in [2.45, 2.75) is 46.6 Å². The van der Waals surface area contributed by atoms with E-state index in [2.05, 4.69) is 46.8 Å². The molecule has 1 aromatic heterocycles. The molecule has 0 bridgehead atoms. The summed E-state index contributed by atoms with van der Waals surface area (Å²) in [4.78, 5) is 18.4. The van der Waals surface area contributed by atoms with Gasteiger partial charge in [0.2, 0.25) is 0 Å². The lowest BCUT2D eigenvalue weighted by Crippen LogP contribution is -2.44. The van der Waals surface area contributed by atoms with E-state index >= 15 is 0 Å². The zero-order valence-electron chi connectivity index (χ0n) is 20.6. The van der Waals surface area contributed by atoms with Gasteiger partial charge >= 0.3 is 5.69 Å². The lowest BCUT2D eigenvalue weighted by atomic mass is 9.78. The first-order chi connectivity index (χ1) is 15.1. The van der Waals surface area contributed by atoms with Gasteiger partial charge < -0.3 is 9.47 Å². The molecule has 176 valence electrons. The number of nitrogens with zero attached hydrogens (tertiary/aromatic N) is 3. The second-order valence-electron chi connectivity index (χ2n) is 9.31. The molecule has 0 N–H and O–H groups in total. The predicted molar refractivity (Wildman–Crippen MR) is 134 cm³/mol. The molecule has 2 heterocycles. The molecule has 6 nitrogen and oxygen atoms in total. The molecule has 0 saturated carbocycles. The average Bonchev–Trinajstić information content (AvgIpc) is 2.73. The van der Waals surface area contributed by atoms with Gasteiger partial charge in [-0.1, -0.05) is 31.5 Å². The van der Waals surface area contributed by atoms with Gasteiger partial charge in [-0.15, -0.1) is 12.4 Å². The Morgan fingerprint density at radius 1 is 0.939 bits per heavy atom. The molecule has 0 atom stereocenters. The van der Waals surface area contributed by atoms with E-state index < -0.39 is 0 Å². The molecule has 0 aliphatic carbocycles. The molecule has 7 heteroatoms. The molecule has 3 aromatic rings. The average molecular weight is 470 g/mol. The van der Waals surface area contributed by atoms with Crippen molar-refractivity contribution in [2.24, 2.45) is 12.0 Å². The first kappa shape index (κ1) is 24.6. The lowest BCUT2D eigenvalue weighted by molar-refractivity contribution is 0.350. The van der Waals surface area contributed by atoms with Crippen LogP contribution in [0.25, 0.3) is 11.3 Å². The highest BCUT2D eigenvalue weighted by molar-refractivity contribution is 5.85. The number of halogens is 1. The Hall–Kier alpha value is -2.99. The summed E-state index contributed by atoms with van der Waals surface area (Å²) >= 11 is 0. The van der Waals surface area contributed by atoms with Crippen LogP contribution in [0.15, 0.2) is 40.1 Å². The van der Waals surface area contributed by atoms with Crippen LogP contribution >= 0.6 is 12.4 Å². The van der Waals surface area contributed by atoms with Crippen molar-refractivity contribution < 1.29 is 9.47 Å². The Morgan fingerprint density at radius 3 is 2.09 bits per heavy atom. The molecule has 0 radical (unpaired) electrons. The Morgan fingerprint density at radius 2 is 1.52 bits per heavy atom. The van der Waals surface area contributed by atoms with Crippen molar-refractivity contribution in [1.82, 2.24) is 9.13 Å². The van der Waals surface area contributed by atoms with Gasteiger partial charge in [0.05, 0.1) is 25.6 Å². The van der Waals surface area contributed by atoms with Crippen LogP contribution < -0.4 is 20.7 Å². The molecular formula is C26H32ClN3O3. The topological polar surface area (TPSA) is 57.8 Å². The van der Waals surface area contributed by atoms with Crippen LogP contribution in [0.4, 0.5) is 5.69 Å². The third-order valence-electron chi connectivity index (χ3n) is 6.36. The maximum Gasteiger partial charge on any atom is 0.329 e. The minimum atomic E-state index is -0.249. The highest BCUT2D eigenvalue weighted by Crippen LogP contribution is 2.44. The van der Waals surface area contributed by atoms with Crippen molar-refractivity contribution in [3.63, 3.8) is 0 Å². The van der Waals surface area contributed by atoms with E-state index in [1.807, 2.05) is 22.8 Å². The fraction of sp³-hybridized carbons (Fsp3) is 0.385. The molecular weight excluding hydrogens is 438 g/mol. The number of ether oxygens (including phenoxy) is 2. The van der Waals surface area contributed by atoms with E-state index in [9.17, 15) is 4.79 Å². The van der Waals surface area contributed by atoms with E-state index in [0.29, 0.717) is 23.5 Å². The summed E-state index contributed by atoms with van der Waals surface area (Å²) in [5.41, 5.74) is 7.49. The van der Waals surface area contributed by atoms with Gasteiger partial charge in [-0.25, -0.2) is 9.79 Å². The van der Waals surface area contributed by atoms with Crippen LogP contribution in [0.1, 0.15) is 36.1 Å². The molecule has 0 spiro atoms. The molecule has 33 heavy (non-hydrogen) atoms. The van der Waals surface area contributed by atoms with Crippen LogP contribution in [0.3, 0.4) is 0 Å². The molecule has 0 amide bonds. The largest absolute Gasteiger partial charge is 0.493 e. The Kier molecular flexibility index (Phi) is 6.53. The molecule has 4 rings (SSSR count). The predicted octanol–water partition coefficient (Wildman–Crippen LogP) is 4.74. The van der Waals surface area contributed by atoms with Gasteiger partial charge in [0.25, 0.3) is 0 Å². The van der Waals surface area contributed by atoms with Gasteiger partial charge in [-0.2, -0.15) is 0 Å². The number of rotatable bonds is 3. The monoisotopic (exact) mass is 469 g/mol. The van der Waals surface area contributed by atoms with Crippen molar-refractivity contribution in [3.05, 3.63) is 68.6 Å². The highest BCUT2D eigenvalue weighted by atomic mass is 35.5. The molecule has 0 fully saturated rings. The van der Waals surface area contributed by atoms with E-state index in [1.54, 1.807) is 25.8 Å². The van der Waals surface area contributed by atoms with Crippen molar-refractivity contribution in [2.75, 3.05) is 14.2 Å². The zero-order valence-corrected chi connectivity index (χ0v) is 21.4.